The molecule has 4 N–H and O–H groups in total. The van der Waals surface area contributed by atoms with Gasteiger partial charge in [0.2, 0.25) is 17.4 Å². The van der Waals surface area contributed by atoms with Gasteiger partial charge in [0.25, 0.3) is 5.91 Å². The van der Waals surface area contributed by atoms with Crippen LogP contribution in [0, 0.1) is 17.3 Å². The molecular weight excluding hydrogens is 362 g/mol. The molecule has 1 aromatic heterocycles. The van der Waals surface area contributed by atoms with Gasteiger partial charge in [0.15, 0.2) is 11.6 Å². The van der Waals surface area contributed by atoms with Crippen LogP contribution in [0.2, 0.25) is 0 Å². The highest BCUT2D eigenvalue weighted by Crippen LogP contribution is 2.62. The molecule has 0 aromatic carbocycles. The minimum absolute atomic E-state index is 0.0183. The molecule has 5 atom stereocenters. The summed E-state index contributed by atoms with van der Waals surface area (Å²) in [6.45, 7) is 5.07. The number of primary amides is 1. The van der Waals surface area contributed by atoms with Crippen LogP contribution >= 0.6 is 0 Å². The molecule has 1 saturated carbocycles. The second kappa shape index (κ2) is 5.44. The Balaban J connectivity index is 1.44. The van der Waals surface area contributed by atoms with Crippen LogP contribution in [0.1, 0.15) is 20.3 Å². The Morgan fingerprint density at radius 2 is 2.18 bits per heavy atom. The molecule has 1 spiro atoms. The highest BCUT2D eigenvalue weighted by atomic mass is 16.5. The minimum atomic E-state index is -1.34. The molecule has 148 valence electrons. The van der Waals surface area contributed by atoms with Crippen LogP contribution in [0.5, 0.6) is 5.75 Å². The van der Waals surface area contributed by atoms with Crippen molar-refractivity contribution in [1.82, 2.24) is 15.2 Å². The van der Waals surface area contributed by atoms with Crippen molar-refractivity contribution in [2.45, 2.75) is 38.0 Å². The second-order valence-corrected chi connectivity index (χ2v) is 8.83. The highest BCUT2D eigenvalue weighted by Gasteiger charge is 2.67. The zero-order valence-corrected chi connectivity index (χ0v) is 15.8. The van der Waals surface area contributed by atoms with E-state index in [2.05, 4.69) is 29.5 Å². The van der Waals surface area contributed by atoms with Crippen molar-refractivity contribution in [3.63, 3.8) is 0 Å². The quantitative estimate of drug-likeness (QED) is 0.629. The van der Waals surface area contributed by atoms with Crippen molar-refractivity contribution in [3.8, 4) is 5.75 Å². The molecule has 0 radical (unpaired) electrons. The summed E-state index contributed by atoms with van der Waals surface area (Å²) < 4.78 is 6.00. The number of anilines is 1. The van der Waals surface area contributed by atoms with E-state index < -0.39 is 23.5 Å². The van der Waals surface area contributed by atoms with E-state index in [1.807, 2.05) is 0 Å². The molecular formula is C19H23N5O4. The Kier molecular flexibility index (Phi) is 3.38. The van der Waals surface area contributed by atoms with E-state index in [9.17, 15) is 14.4 Å². The maximum atomic E-state index is 13.3. The number of fused-ring (bicyclic) bond motifs is 2. The molecule has 0 bridgehead atoms. The average Bonchev–Trinajstić information content (AvgIpc) is 3.04. The van der Waals surface area contributed by atoms with Crippen molar-refractivity contribution in [3.05, 3.63) is 18.3 Å². The number of carbonyl (C=O) groups is 3. The van der Waals surface area contributed by atoms with Crippen LogP contribution in [0.15, 0.2) is 18.3 Å². The van der Waals surface area contributed by atoms with E-state index in [-0.39, 0.29) is 36.2 Å². The molecule has 3 fully saturated rings. The summed E-state index contributed by atoms with van der Waals surface area (Å²) in [4.78, 5) is 43.8. The Labute approximate surface area is 162 Å². The highest BCUT2D eigenvalue weighted by molar-refractivity contribution is 6.02. The van der Waals surface area contributed by atoms with Gasteiger partial charge in [-0.1, -0.05) is 13.8 Å². The Morgan fingerprint density at radius 3 is 2.86 bits per heavy atom. The summed E-state index contributed by atoms with van der Waals surface area (Å²) in [5.74, 6) is 0.202. The van der Waals surface area contributed by atoms with Crippen LogP contribution in [-0.2, 0) is 14.4 Å². The molecule has 3 amide bonds. The van der Waals surface area contributed by atoms with E-state index in [1.54, 1.807) is 18.3 Å². The zero-order valence-electron chi connectivity index (χ0n) is 15.8. The average molecular weight is 385 g/mol. The van der Waals surface area contributed by atoms with Crippen LogP contribution in [0.25, 0.3) is 0 Å². The third-order valence-corrected chi connectivity index (χ3v) is 6.98. The van der Waals surface area contributed by atoms with E-state index in [4.69, 9.17) is 10.5 Å². The number of likely N-dealkylation sites (tertiary alicyclic amines) is 1. The van der Waals surface area contributed by atoms with Crippen molar-refractivity contribution < 1.29 is 19.1 Å². The molecule has 0 unspecified atom stereocenters. The molecule has 28 heavy (non-hydrogen) atoms. The van der Waals surface area contributed by atoms with Gasteiger partial charge < -0.3 is 26.0 Å². The zero-order chi connectivity index (χ0) is 19.8. The lowest BCUT2D eigenvalue weighted by atomic mass is 9.97. The fourth-order valence-corrected chi connectivity index (χ4v) is 5.28. The summed E-state index contributed by atoms with van der Waals surface area (Å²) in [5.41, 5.74) is 4.36. The Morgan fingerprint density at radius 1 is 1.39 bits per heavy atom. The van der Waals surface area contributed by atoms with Crippen molar-refractivity contribution in [2.24, 2.45) is 23.0 Å². The number of piperidine rings is 1. The fraction of sp³-hybridized carbons (Fsp3) is 0.579. The van der Waals surface area contributed by atoms with Gasteiger partial charge in [0.05, 0.1) is 12.6 Å². The first-order chi connectivity index (χ1) is 13.2. The summed E-state index contributed by atoms with van der Waals surface area (Å²) in [7, 11) is 0. The number of aromatic nitrogens is 1. The molecule has 5 rings (SSSR count). The number of nitrogens with zero attached hydrogens (tertiary/aromatic N) is 2. The minimum Gasteiger partial charge on any atom is -0.472 e. The molecule has 9 nitrogen and oxygen atoms in total. The number of nitrogens with two attached hydrogens (primary N) is 1. The number of carbonyl (C=O) groups excluding carboxylic acids is 3. The first-order valence-corrected chi connectivity index (χ1v) is 9.53. The van der Waals surface area contributed by atoms with Gasteiger partial charge in [-0.15, -0.1) is 0 Å². The summed E-state index contributed by atoms with van der Waals surface area (Å²) in [5, 5.41) is 6.00. The first kappa shape index (κ1) is 17.4. The lowest BCUT2D eigenvalue weighted by Gasteiger charge is -2.33. The Hall–Kier alpha value is -2.68. The number of nitrogens with one attached hydrogen (secondary N) is 2. The summed E-state index contributed by atoms with van der Waals surface area (Å²) >= 11 is 0. The number of rotatable bonds is 2. The predicted molar refractivity (Wildman–Crippen MR) is 98.1 cm³/mol. The second-order valence-electron chi connectivity index (χ2n) is 8.83. The van der Waals surface area contributed by atoms with Crippen molar-refractivity contribution in [1.29, 1.82) is 0 Å². The smallest absolute Gasteiger partial charge is 0.271 e. The van der Waals surface area contributed by atoms with Crippen molar-refractivity contribution >= 4 is 23.5 Å². The predicted octanol–water partition coefficient (Wildman–Crippen LogP) is -0.518. The van der Waals surface area contributed by atoms with Gasteiger partial charge in [0, 0.05) is 12.6 Å². The standard InChI is InChI=1S/C19H23N5O4/c1-18(2)9-7-22-13(12(9)18)16(26)24-8-19(6-10(24)14(20)25)17(27)23-15-11(28-19)4-3-5-21-15/h3-5,9-10,12-13,22H,6-8H2,1-2H3,(H2,20,25)(H,21,23,27)/t9-,10-,12-,13-,19+/m0/s1. The van der Waals surface area contributed by atoms with Crippen molar-refractivity contribution in [2.75, 3.05) is 18.4 Å². The van der Waals surface area contributed by atoms with Gasteiger partial charge in [0.1, 0.15) is 6.04 Å². The van der Waals surface area contributed by atoms with Gasteiger partial charge >= 0.3 is 0 Å². The number of hydrogen-bond acceptors (Lipinski definition) is 6. The normalized spacial score (nSPS) is 37.1. The van der Waals surface area contributed by atoms with E-state index in [1.165, 1.54) is 4.90 Å². The number of amides is 3. The van der Waals surface area contributed by atoms with Gasteiger partial charge in [-0.3, -0.25) is 14.4 Å². The van der Waals surface area contributed by atoms with Gasteiger partial charge in [-0.2, -0.15) is 0 Å². The van der Waals surface area contributed by atoms with Crippen LogP contribution in [0.3, 0.4) is 0 Å². The maximum Gasteiger partial charge on any atom is 0.271 e. The number of pyridine rings is 1. The number of ether oxygens (including phenoxy) is 1. The van der Waals surface area contributed by atoms with Crippen LogP contribution < -0.4 is 21.1 Å². The molecule has 4 aliphatic rings. The molecule has 9 heteroatoms. The topological polar surface area (TPSA) is 127 Å². The van der Waals surface area contributed by atoms with Crippen LogP contribution in [-0.4, -0.2) is 58.4 Å². The fourth-order valence-electron chi connectivity index (χ4n) is 5.28. The molecule has 2 saturated heterocycles. The third kappa shape index (κ3) is 2.22. The van der Waals surface area contributed by atoms with E-state index in [0.717, 1.165) is 6.54 Å². The van der Waals surface area contributed by atoms with E-state index in [0.29, 0.717) is 17.5 Å². The van der Waals surface area contributed by atoms with Gasteiger partial charge in [-0.25, -0.2) is 4.98 Å². The van der Waals surface area contributed by atoms with E-state index >= 15 is 0 Å². The van der Waals surface area contributed by atoms with Crippen LogP contribution in [0.4, 0.5) is 5.82 Å². The maximum absolute atomic E-state index is 13.3. The largest absolute Gasteiger partial charge is 0.472 e. The molecule has 1 aromatic rings. The third-order valence-electron chi connectivity index (χ3n) is 6.98. The lowest BCUT2D eigenvalue weighted by Crippen LogP contribution is -2.55. The Bertz CT molecular complexity index is 902. The SMILES string of the molecule is CC1(C)[C@@H]2[C@@H](C(=O)N3C[C@@]4(C[C@H]3C(N)=O)Oc3cccnc3NC4=O)NC[C@@H]21. The summed E-state index contributed by atoms with van der Waals surface area (Å²) in [6.07, 6.45) is 1.58. The first-order valence-electron chi connectivity index (χ1n) is 9.53. The molecule has 3 aliphatic heterocycles. The summed E-state index contributed by atoms with van der Waals surface area (Å²) in [6, 6.07) is 2.14. The molecule has 4 heterocycles. The number of hydrogen-bond donors (Lipinski definition) is 3. The van der Waals surface area contributed by atoms with Gasteiger partial charge in [-0.05, 0) is 35.9 Å². The lowest BCUT2D eigenvalue weighted by molar-refractivity contribution is -0.140. The monoisotopic (exact) mass is 385 g/mol. The molecule has 1 aliphatic carbocycles.